The van der Waals surface area contributed by atoms with E-state index in [0.717, 1.165) is 12.8 Å². The summed E-state index contributed by atoms with van der Waals surface area (Å²) in [5.74, 6) is -0.749. The van der Waals surface area contributed by atoms with Crippen LogP contribution in [-0.2, 0) is 12.8 Å². The summed E-state index contributed by atoms with van der Waals surface area (Å²) in [6, 6.07) is 11.0. The summed E-state index contributed by atoms with van der Waals surface area (Å²) in [7, 11) is 0. The van der Waals surface area contributed by atoms with E-state index in [1.807, 2.05) is 12.1 Å². The highest BCUT2D eigenvalue weighted by Crippen LogP contribution is 2.42. The van der Waals surface area contributed by atoms with Gasteiger partial charge in [-0.2, -0.15) is 0 Å². The van der Waals surface area contributed by atoms with E-state index in [1.54, 1.807) is 0 Å². The Morgan fingerprint density at radius 2 is 1.86 bits per heavy atom. The van der Waals surface area contributed by atoms with Crippen LogP contribution in [0.15, 0.2) is 40.9 Å². The summed E-state index contributed by atoms with van der Waals surface area (Å²) in [4.78, 5) is 0.139. The highest BCUT2D eigenvalue weighted by atomic mass is 79.9. The standard InChI is InChI=1S/C17H14Br2F2/c18-14-7-8-15(20)13(17(14)21)9-11-6-5-10-3-1-2-4-12(10)16(11)19/h1-4,7-8,11,16H,5-6,9H2. The number of hydrogen-bond donors (Lipinski definition) is 0. The first-order chi connectivity index (χ1) is 10.1. The second kappa shape index (κ2) is 6.17. The predicted octanol–water partition coefficient (Wildman–Crippen LogP) is 5.97. The average molecular weight is 416 g/mol. The van der Waals surface area contributed by atoms with Gasteiger partial charge in [-0.05, 0) is 64.4 Å². The van der Waals surface area contributed by atoms with Crippen LogP contribution in [0.25, 0.3) is 0 Å². The maximum Gasteiger partial charge on any atom is 0.143 e. The summed E-state index contributed by atoms with van der Waals surface area (Å²) in [6.07, 6.45) is 2.29. The zero-order valence-corrected chi connectivity index (χ0v) is 14.4. The van der Waals surface area contributed by atoms with E-state index in [0.29, 0.717) is 10.9 Å². The van der Waals surface area contributed by atoms with Gasteiger partial charge >= 0.3 is 0 Å². The van der Waals surface area contributed by atoms with Crippen LogP contribution in [-0.4, -0.2) is 0 Å². The third kappa shape index (κ3) is 2.93. The Labute approximate surface area is 139 Å². The molecule has 2 atom stereocenters. The summed E-state index contributed by atoms with van der Waals surface area (Å²) in [6.45, 7) is 0. The molecule has 3 rings (SSSR count). The number of halogens is 4. The van der Waals surface area contributed by atoms with Crippen molar-refractivity contribution in [3.63, 3.8) is 0 Å². The molecule has 0 radical (unpaired) electrons. The topological polar surface area (TPSA) is 0 Å². The van der Waals surface area contributed by atoms with Gasteiger partial charge < -0.3 is 0 Å². The van der Waals surface area contributed by atoms with Crippen LogP contribution < -0.4 is 0 Å². The number of alkyl halides is 1. The zero-order chi connectivity index (χ0) is 15.0. The van der Waals surface area contributed by atoms with Gasteiger partial charge in [-0.25, -0.2) is 8.78 Å². The molecular formula is C17H14Br2F2. The van der Waals surface area contributed by atoms with Crippen LogP contribution >= 0.6 is 31.9 Å². The first-order valence-electron chi connectivity index (χ1n) is 6.92. The SMILES string of the molecule is Fc1ccc(Br)c(F)c1CC1CCc2ccccc2C1Br. The van der Waals surface area contributed by atoms with Gasteiger partial charge in [-0.1, -0.05) is 40.2 Å². The van der Waals surface area contributed by atoms with E-state index >= 15 is 0 Å². The lowest BCUT2D eigenvalue weighted by Gasteiger charge is -2.30. The molecule has 0 amide bonds. The number of rotatable bonds is 2. The molecule has 0 aliphatic heterocycles. The van der Waals surface area contributed by atoms with Crippen molar-refractivity contribution in [2.24, 2.45) is 5.92 Å². The zero-order valence-electron chi connectivity index (χ0n) is 11.3. The Balaban J connectivity index is 1.89. The van der Waals surface area contributed by atoms with Crippen LogP contribution in [0.3, 0.4) is 0 Å². The van der Waals surface area contributed by atoms with Gasteiger partial charge in [-0.3, -0.25) is 0 Å². The molecule has 2 aromatic rings. The van der Waals surface area contributed by atoms with Crippen molar-refractivity contribution in [3.05, 3.63) is 69.2 Å². The molecule has 2 aromatic carbocycles. The maximum atomic E-state index is 14.1. The van der Waals surface area contributed by atoms with Gasteiger partial charge in [0.2, 0.25) is 0 Å². The van der Waals surface area contributed by atoms with E-state index in [9.17, 15) is 8.78 Å². The van der Waals surface area contributed by atoms with Crippen LogP contribution in [0.1, 0.15) is 27.9 Å². The highest BCUT2D eigenvalue weighted by Gasteiger charge is 2.29. The molecule has 0 saturated carbocycles. The second-order valence-electron chi connectivity index (χ2n) is 5.43. The lowest BCUT2D eigenvalue weighted by atomic mass is 9.80. The van der Waals surface area contributed by atoms with E-state index in [4.69, 9.17) is 0 Å². The predicted molar refractivity (Wildman–Crippen MR) is 87.7 cm³/mol. The molecule has 4 heteroatoms. The number of aryl methyl sites for hydroxylation is 1. The Hall–Kier alpha value is -0.740. The maximum absolute atomic E-state index is 14.1. The van der Waals surface area contributed by atoms with Gasteiger partial charge in [0, 0.05) is 10.4 Å². The van der Waals surface area contributed by atoms with Crippen molar-refractivity contribution in [2.75, 3.05) is 0 Å². The monoisotopic (exact) mass is 414 g/mol. The van der Waals surface area contributed by atoms with Crippen molar-refractivity contribution < 1.29 is 8.78 Å². The van der Waals surface area contributed by atoms with Gasteiger partial charge in [-0.15, -0.1) is 0 Å². The highest BCUT2D eigenvalue weighted by molar-refractivity contribution is 9.10. The van der Waals surface area contributed by atoms with Crippen molar-refractivity contribution in [1.29, 1.82) is 0 Å². The van der Waals surface area contributed by atoms with E-state index in [-0.39, 0.29) is 16.3 Å². The molecular weight excluding hydrogens is 402 g/mol. The number of benzene rings is 2. The molecule has 2 unspecified atom stereocenters. The van der Waals surface area contributed by atoms with E-state index in [2.05, 4.69) is 44.0 Å². The smallest absolute Gasteiger partial charge is 0.143 e. The lowest BCUT2D eigenvalue weighted by molar-refractivity contribution is 0.430. The second-order valence-corrected chi connectivity index (χ2v) is 7.27. The summed E-state index contributed by atoms with van der Waals surface area (Å²) >= 11 is 6.85. The van der Waals surface area contributed by atoms with Crippen LogP contribution in [0.2, 0.25) is 0 Å². The fourth-order valence-electron chi connectivity index (χ4n) is 3.00. The first kappa shape index (κ1) is 15.2. The minimum absolute atomic E-state index is 0.139. The molecule has 1 aliphatic rings. The summed E-state index contributed by atoms with van der Waals surface area (Å²) in [5.41, 5.74) is 2.74. The molecule has 0 N–H and O–H groups in total. The van der Waals surface area contributed by atoms with Crippen molar-refractivity contribution >= 4 is 31.9 Å². The van der Waals surface area contributed by atoms with Crippen LogP contribution in [0.4, 0.5) is 8.78 Å². The molecule has 0 bridgehead atoms. The average Bonchev–Trinajstić information content (AvgIpc) is 2.50. The van der Waals surface area contributed by atoms with Crippen LogP contribution in [0.5, 0.6) is 0 Å². The molecule has 0 spiro atoms. The van der Waals surface area contributed by atoms with Crippen LogP contribution in [0, 0.1) is 17.6 Å². The quantitative estimate of drug-likeness (QED) is 0.418. The molecule has 1 aliphatic carbocycles. The molecule has 0 saturated heterocycles. The Kier molecular flexibility index (Phi) is 4.46. The molecule has 110 valence electrons. The Bertz CT molecular complexity index is 670. The van der Waals surface area contributed by atoms with Gasteiger partial charge in [0.15, 0.2) is 0 Å². The molecule has 0 aromatic heterocycles. The largest absolute Gasteiger partial charge is 0.207 e. The van der Waals surface area contributed by atoms with Crippen molar-refractivity contribution in [1.82, 2.24) is 0 Å². The normalized spacial score (nSPS) is 21.1. The number of fused-ring (bicyclic) bond motifs is 1. The third-order valence-electron chi connectivity index (χ3n) is 4.16. The third-order valence-corrected chi connectivity index (χ3v) is 6.01. The van der Waals surface area contributed by atoms with Gasteiger partial charge in [0.1, 0.15) is 11.6 Å². The lowest BCUT2D eigenvalue weighted by Crippen LogP contribution is -2.20. The van der Waals surface area contributed by atoms with Crippen molar-refractivity contribution in [3.8, 4) is 0 Å². The minimum atomic E-state index is -0.478. The minimum Gasteiger partial charge on any atom is -0.207 e. The Morgan fingerprint density at radius 3 is 2.67 bits per heavy atom. The summed E-state index contributed by atoms with van der Waals surface area (Å²) < 4.78 is 28.4. The molecule has 0 nitrogen and oxygen atoms in total. The van der Waals surface area contributed by atoms with E-state index < -0.39 is 11.6 Å². The van der Waals surface area contributed by atoms with Gasteiger partial charge in [0.05, 0.1) is 4.47 Å². The molecule has 0 heterocycles. The molecule has 21 heavy (non-hydrogen) atoms. The fourth-order valence-corrected chi connectivity index (χ4v) is 4.27. The summed E-state index contributed by atoms with van der Waals surface area (Å²) in [5, 5.41) is 0. The number of hydrogen-bond acceptors (Lipinski definition) is 0. The molecule has 0 fully saturated rings. The van der Waals surface area contributed by atoms with Gasteiger partial charge in [0.25, 0.3) is 0 Å². The Morgan fingerprint density at radius 1 is 1.10 bits per heavy atom. The van der Waals surface area contributed by atoms with E-state index in [1.165, 1.54) is 23.3 Å². The fraction of sp³-hybridized carbons (Fsp3) is 0.294. The van der Waals surface area contributed by atoms with Crippen molar-refractivity contribution in [2.45, 2.75) is 24.1 Å². The first-order valence-corrected chi connectivity index (χ1v) is 8.63.